The van der Waals surface area contributed by atoms with E-state index < -0.39 is 6.09 Å². The Kier molecular flexibility index (Phi) is 13.3. The number of nitrogen functional groups attached to an aromatic ring is 1. The van der Waals surface area contributed by atoms with Gasteiger partial charge in [0.2, 0.25) is 0 Å². The molecule has 9 nitrogen and oxygen atoms in total. The normalized spacial score (nSPS) is 10.9. The first-order valence-electron chi connectivity index (χ1n) is 11.2. The van der Waals surface area contributed by atoms with Crippen molar-refractivity contribution in [1.82, 2.24) is 15.2 Å². The quantitative estimate of drug-likeness (QED) is 0.158. The van der Waals surface area contributed by atoms with E-state index in [0.29, 0.717) is 28.7 Å². The summed E-state index contributed by atoms with van der Waals surface area (Å²) in [4.78, 5) is 28.1. The first-order valence-corrected chi connectivity index (χ1v) is 14.4. The Hall–Kier alpha value is -1.95. The number of benzene rings is 1. The van der Waals surface area contributed by atoms with Crippen LogP contribution in [0.5, 0.6) is 0 Å². The van der Waals surface area contributed by atoms with Crippen molar-refractivity contribution in [3.05, 3.63) is 28.2 Å². The molecule has 2 rings (SSSR count). The Bertz CT molecular complexity index is 981. The molecule has 1 aromatic heterocycles. The number of nitrogens with one attached hydrogen (secondary N) is 1. The smallest absolute Gasteiger partial charge is 0.414 e. The van der Waals surface area contributed by atoms with Gasteiger partial charge in [-0.25, -0.2) is 4.79 Å². The molecule has 1 heterocycles. The van der Waals surface area contributed by atoms with Crippen molar-refractivity contribution in [3.63, 3.8) is 0 Å². The predicted molar refractivity (Wildman–Crippen MR) is 144 cm³/mol. The second-order valence-electron chi connectivity index (χ2n) is 7.32. The number of carbonyl (C=O) groups excluding carboxylic acids is 2. The van der Waals surface area contributed by atoms with Crippen molar-refractivity contribution in [3.8, 4) is 11.3 Å². The molecule has 0 fully saturated rings. The molecule has 192 valence electrons. The molecule has 2 aromatic rings. The number of hydrogen-bond donors (Lipinski definition) is 2. The molecule has 0 unspecified atom stereocenters. The Morgan fingerprint density at radius 1 is 1.06 bits per heavy atom. The lowest BCUT2D eigenvalue weighted by Gasteiger charge is -2.14. The Labute approximate surface area is 223 Å². The highest BCUT2D eigenvalue weighted by Crippen LogP contribution is 2.34. The zero-order valence-corrected chi connectivity index (χ0v) is 22.7. The third-order valence-corrected chi connectivity index (χ3v) is 7.79. The Balaban J connectivity index is 1.65. The maximum atomic E-state index is 12.1. The molecule has 35 heavy (non-hydrogen) atoms. The fourth-order valence-electron chi connectivity index (χ4n) is 3.05. The van der Waals surface area contributed by atoms with Gasteiger partial charge in [-0.3, -0.25) is 10.1 Å². The summed E-state index contributed by atoms with van der Waals surface area (Å²) in [6, 6.07) is 5.03. The number of amides is 1. The van der Waals surface area contributed by atoms with E-state index in [1.807, 2.05) is 0 Å². The highest BCUT2D eigenvalue weighted by molar-refractivity contribution is 8.76. The molecule has 0 saturated heterocycles. The summed E-state index contributed by atoms with van der Waals surface area (Å²) in [7, 11) is 3.07. The lowest BCUT2D eigenvalue weighted by molar-refractivity contribution is -0.148. The van der Waals surface area contributed by atoms with Gasteiger partial charge in [0.1, 0.15) is 18.9 Å². The topological polar surface area (TPSA) is 129 Å². The molecule has 1 aromatic carbocycles. The molecule has 0 aliphatic rings. The van der Waals surface area contributed by atoms with Crippen molar-refractivity contribution < 1.29 is 19.1 Å². The van der Waals surface area contributed by atoms with Crippen molar-refractivity contribution in [2.75, 3.05) is 35.8 Å². The summed E-state index contributed by atoms with van der Waals surface area (Å²) >= 11 is 12.2. The molecular weight excluding hydrogens is 533 g/mol. The van der Waals surface area contributed by atoms with E-state index in [1.54, 1.807) is 29.0 Å². The van der Waals surface area contributed by atoms with Gasteiger partial charge in [-0.15, -0.1) is 10.2 Å². The predicted octanol–water partition coefficient (Wildman–Crippen LogP) is 6.12. The molecule has 0 spiro atoms. The van der Waals surface area contributed by atoms with Gasteiger partial charge >= 0.3 is 12.1 Å². The van der Waals surface area contributed by atoms with Gasteiger partial charge < -0.3 is 15.2 Å². The van der Waals surface area contributed by atoms with Gasteiger partial charge in [-0.1, -0.05) is 83.6 Å². The minimum Gasteiger partial charge on any atom is -0.465 e. The highest BCUT2D eigenvalue weighted by atomic mass is 35.5. The zero-order chi connectivity index (χ0) is 25.6. The van der Waals surface area contributed by atoms with Crippen molar-refractivity contribution >= 4 is 68.6 Å². The monoisotopic (exact) mass is 561 g/mol. The third kappa shape index (κ3) is 9.91. The largest absolute Gasteiger partial charge is 0.465 e. The number of nitrogens with two attached hydrogens (primary N) is 1. The van der Waals surface area contributed by atoms with Crippen molar-refractivity contribution in [1.29, 1.82) is 0 Å². The average Bonchev–Trinajstić information content (AvgIpc) is 2.82. The van der Waals surface area contributed by atoms with Crippen LogP contribution in [0, 0.1) is 5.92 Å². The summed E-state index contributed by atoms with van der Waals surface area (Å²) in [5, 5.41) is 10.9. The summed E-state index contributed by atoms with van der Waals surface area (Å²) < 4.78 is 10.5. The number of nitrogens with zero attached hydrogens (tertiary/aromatic N) is 3. The van der Waals surface area contributed by atoms with Gasteiger partial charge in [-0.2, -0.15) is 4.98 Å². The van der Waals surface area contributed by atoms with E-state index >= 15 is 0 Å². The van der Waals surface area contributed by atoms with Crippen molar-refractivity contribution in [2.24, 2.45) is 5.92 Å². The van der Waals surface area contributed by atoms with E-state index in [1.165, 1.54) is 10.8 Å². The number of esters is 1. The number of halogens is 2. The Morgan fingerprint density at radius 3 is 2.34 bits per heavy atom. The van der Waals surface area contributed by atoms with E-state index in [4.69, 9.17) is 38.4 Å². The van der Waals surface area contributed by atoms with E-state index in [-0.39, 0.29) is 41.0 Å². The molecule has 3 N–H and O–H groups in total. The van der Waals surface area contributed by atoms with E-state index in [9.17, 15) is 9.59 Å². The molecule has 0 radical (unpaired) electrons. The van der Waals surface area contributed by atoms with Crippen LogP contribution >= 0.6 is 44.8 Å². The van der Waals surface area contributed by atoms with Crippen LogP contribution in [-0.2, 0) is 14.3 Å². The zero-order valence-electron chi connectivity index (χ0n) is 19.6. The Morgan fingerprint density at radius 2 is 1.71 bits per heavy atom. The maximum absolute atomic E-state index is 12.1. The molecule has 13 heteroatoms. The van der Waals surface area contributed by atoms with E-state index in [2.05, 4.69) is 34.3 Å². The van der Waals surface area contributed by atoms with Gasteiger partial charge in [0.05, 0.1) is 16.0 Å². The van der Waals surface area contributed by atoms with Crippen LogP contribution in [0.3, 0.4) is 0 Å². The van der Waals surface area contributed by atoms with Gasteiger partial charge in [0.25, 0.3) is 5.95 Å². The standard InChI is InChI=1S/C22H29Cl2N5O4S2/c1-3-6-14(7-4-2)20(30)32-10-12-34-35-13-11-33-22(31)27-21-26-19(25)18(28-29-21)15-8-5-9-16(23)17(15)24/h5,8-9,14H,3-4,6-7,10-13H2,1-2H3,(H3,25,26,27,29,31). The molecule has 0 aliphatic heterocycles. The SMILES string of the molecule is CCCC(CCC)C(=O)OCCSSCCOC(=O)Nc1nnc(-c2cccc(Cl)c2Cl)c(N)n1. The average molecular weight is 563 g/mol. The molecular formula is C22H29Cl2N5O4S2. The fourth-order valence-corrected chi connectivity index (χ4v) is 5.10. The minimum atomic E-state index is -0.725. The van der Waals surface area contributed by atoms with Crippen LogP contribution in [-0.4, -0.2) is 52.0 Å². The first kappa shape index (κ1) is 29.3. The number of ether oxygens (including phenoxy) is 2. The van der Waals surface area contributed by atoms with Crippen LogP contribution in [0.1, 0.15) is 39.5 Å². The van der Waals surface area contributed by atoms with E-state index in [0.717, 1.165) is 25.7 Å². The number of aromatic nitrogens is 3. The minimum absolute atomic E-state index is 0.00469. The lowest BCUT2D eigenvalue weighted by atomic mass is 9.99. The van der Waals surface area contributed by atoms with Gasteiger partial charge in [-0.05, 0) is 18.9 Å². The second-order valence-corrected chi connectivity index (χ2v) is 10.8. The lowest BCUT2D eigenvalue weighted by Crippen LogP contribution is -2.19. The summed E-state index contributed by atoms with van der Waals surface area (Å²) in [5.41, 5.74) is 6.68. The van der Waals surface area contributed by atoms with Crippen LogP contribution < -0.4 is 11.1 Å². The van der Waals surface area contributed by atoms with Gasteiger partial charge in [0, 0.05) is 17.1 Å². The molecule has 0 saturated carbocycles. The highest BCUT2D eigenvalue weighted by Gasteiger charge is 2.18. The first-order chi connectivity index (χ1) is 16.9. The van der Waals surface area contributed by atoms with Crippen LogP contribution in [0.15, 0.2) is 18.2 Å². The molecule has 0 bridgehead atoms. The van der Waals surface area contributed by atoms with Crippen LogP contribution in [0.4, 0.5) is 16.6 Å². The number of hydrogen-bond acceptors (Lipinski definition) is 10. The summed E-state index contributed by atoms with van der Waals surface area (Å²) in [6.45, 7) is 4.68. The molecule has 0 aliphatic carbocycles. The maximum Gasteiger partial charge on any atom is 0.414 e. The second kappa shape index (κ2) is 15.9. The third-order valence-electron chi connectivity index (χ3n) is 4.64. The summed E-state index contributed by atoms with van der Waals surface area (Å²) in [6.07, 6.45) is 2.94. The van der Waals surface area contributed by atoms with Crippen LogP contribution in [0.2, 0.25) is 10.0 Å². The van der Waals surface area contributed by atoms with Crippen molar-refractivity contribution in [2.45, 2.75) is 39.5 Å². The molecule has 1 amide bonds. The van der Waals surface area contributed by atoms with Crippen LogP contribution in [0.25, 0.3) is 11.3 Å². The number of anilines is 2. The van der Waals surface area contributed by atoms with Gasteiger partial charge in [0.15, 0.2) is 5.82 Å². The fraction of sp³-hybridized carbons (Fsp3) is 0.500. The number of carbonyl (C=O) groups is 2. The summed E-state index contributed by atoms with van der Waals surface area (Å²) in [5.74, 6) is 1.05. The molecule has 0 atom stereocenters. The number of rotatable bonds is 14.